The molecule has 0 aliphatic rings. The standard InChI is InChI=1S/C11H10FNOS/c1-8-2-3-10(4-11(8)12)14-5-9-6-15-7-13-9/h2-4,6-7H,5H2,1H3. The van der Waals surface area contributed by atoms with Crippen molar-refractivity contribution in [2.45, 2.75) is 13.5 Å². The molecule has 0 aliphatic heterocycles. The number of rotatable bonds is 3. The number of hydrogen-bond donors (Lipinski definition) is 0. The molecule has 2 rings (SSSR count). The number of thiazole rings is 1. The van der Waals surface area contributed by atoms with E-state index in [1.807, 2.05) is 5.38 Å². The molecule has 0 atom stereocenters. The summed E-state index contributed by atoms with van der Waals surface area (Å²) in [4.78, 5) is 4.07. The Labute approximate surface area is 91.4 Å². The summed E-state index contributed by atoms with van der Waals surface area (Å²) in [5.41, 5.74) is 3.23. The molecule has 78 valence electrons. The van der Waals surface area contributed by atoms with E-state index in [1.165, 1.54) is 17.4 Å². The van der Waals surface area contributed by atoms with E-state index in [2.05, 4.69) is 4.98 Å². The van der Waals surface area contributed by atoms with E-state index in [0.29, 0.717) is 17.9 Å². The largest absolute Gasteiger partial charge is 0.487 e. The average molecular weight is 223 g/mol. The van der Waals surface area contributed by atoms with Gasteiger partial charge in [-0.05, 0) is 18.6 Å². The molecule has 0 saturated carbocycles. The molecule has 0 saturated heterocycles. The third kappa shape index (κ3) is 2.53. The molecule has 1 aromatic carbocycles. The molecule has 0 fully saturated rings. The molecule has 15 heavy (non-hydrogen) atoms. The van der Waals surface area contributed by atoms with Crippen molar-refractivity contribution in [1.29, 1.82) is 0 Å². The minimum absolute atomic E-state index is 0.245. The topological polar surface area (TPSA) is 22.1 Å². The fourth-order valence-corrected chi connectivity index (χ4v) is 1.67. The van der Waals surface area contributed by atoms with E-state index in [-0.39, 0.29) is 5.82 Å². The van der Waals surface area contributed by atoms with Crippen molar-refractivity contribution in [1.82, 2.24) is 4.98 Å². The summed E-state index contributed by atoms with van der Waals surface area (Å²) < 4.78 is 18.5. The Hall–Kier alpha value is -1.42. The third-order valence-electron chi connectivity index (χ3n) is 2.01. The van der Waals surface area contributed by atoms with Crippen LogP contribution in [0.2, 0.25) is 0 Å². The zero-order valence-corrected chi connectivity index (χ0v) is 9.05. The first kappa shape index (κ1) is 10.1. The first-order valence-corrected chi connectivity index (χ1v) is 5.46. The highest BCUT2D eigenvalue weighted by Gasteiger charge is 2.01. The lowest BCUT2D eigenvalue weighted by Crippen LogP contribution is -1.96. The van der Waals surface area contributed by atoms with Gasteiger partial charge in [0.15, 0.2) is 0 Å². The van der Waals surface area contributed by atoms with Crippen molar-refractivity contribution in [2.24, 2.45) is 0 Å². The second-order valence-electron chi connectivity index (χ2n) is 3.18. The summed E-state index contributed by atoms with van der Waals surface area (Å²) in [5, 5.41) is 1.91. The van der Waals surface area contributed by atoms with Crippen LogP contribution in [0.3, 0.4) is 0 Å². The van der Waals surface area contributed by atoms with Gasteiger partial charge in [0.25, 0.3) is 0 Å². The Morgan fingerprint density at radius 3 is 3.00 bits per heavy atom. The van der Waals surface area contributed by atoms with Crippen LogP contribution in [-0.2, 0) is 6.61 Å². The first-order chi connectivity index (χ1) is 7.25. The van der Waals surface area contributed by atoms with Crippen LogP contribution in [0.4, 0.5) is 4.39 Å². The highest BCUT2D eigenvalue weighted by Crippen LogP contribution is 2.17. The quantitative estimate of drug-likeness (QED) is 0.797. The van der Waals surface area contributed by atoms with Gasteiger partial charge in [0, 0.05) is 11.4 Å². The Morgan fingerprint density at radius 1 is 1.47 bits per heavy atom. The maximum Gasteiger partial charge on any atom is 0.131 e. The Balaban J connectivity index is 2.02. The van der Waals surface area contributed by atoms with Gasteiger partial charge in [0.2, 0.25) is 0 Å². The van der Waals surface area contributed by atoms with Crippen LogP contribution >= 0.6 is 11.3 Å². The predicted octanol–water partition coefficient (Wildman–Crippen LogP) is 3.17. The molecule has 4 heteroatoms. The summed E-state index contributed by atoms with van der Waals surface area (Å²) in [6.07, 6.45) is 0. The van der Waals surface area contributed by atoms with Crippen molar-refractivity contribution in [3.63, 3.8) is 0 Å². The van der Waals surface area contributed by atoms with Gasteiger partial charge in [-0.1, -0.05) is 6.07 Å². The van der Waals surface area contributed by atoms with Crippen LogP contribution in [0.15, 0.2) is 29.1 Å². The lowest BCUT2D eigenvalue weighted by Gasteiger charge is -2.05. The summed E-state index contributed by atoms with van der Waals surface area (Å²) in [7, 11) is 0. The van der Waals surface area contributed by atoms with E-state index < -0.39 is 0 Å². The smallest absolute Gasteiger partial charge is 0.131 e. The Bertz CT molecular complexity index is 442. The van der Waals surface area contributed by atoms with Crippen LogP contribution in [0, 0.1) is 12.7 Å². The average Bonchev–Trinajstić information content (AvgIpc) is 2.73. The summed E-state index contributed by atoms with van der Waals surface area (Å²) in [6.45, 7) is 2.10. The number of ether oxygens (including phenoxy) is 1. The minimum Gasteiger partial charge on any atom is -0.487 e. The molecular weight excluding hydrogens is 213 g/mol. The molecule has 0 radical (unpaired) electrons. The highest BCUT2D eigenvalue weighted by atomic mass is 32.1. The van der Waals surface area contributed by atoms with Gasteiger partial charge in [-0.3, -0.25) is 0 Å². The van der Waals surface area contributed by atoms with Crippen LogP contribution in [0.25, 0.3) is 0 Å². The van der Waals surface area contributed by atoms with E-state index in [4.69, 9.17) is 4.74 Å². The third-order valence-corrected chi connectivity index (χ3v) is 2.65. The molecular formula is C11H10FNOS. The van der Waals surface area contributed by atoms with E-state index in [1.54, 1.807) is 24.6 Å². The molecule has 0 N–H and O–H groups in total. The number of hydrogen-bond acceptors (Lipinski definition) is 3. The summed E-state index contributed by atoms with van der Waals surface area (Å²) >= 11 is 1.52. The normalized spacial score (nSPS) is 10.3. The maximum absolute atomic E-state index is 13.2. The van der Waals surface area contributed by atoms with Crippen molar-refractivity contribution in [3.05, 3.63) is 46.2 Å². The number of aryl methyl sites for hydroxylation is 1. The predicted molar refractivity (Wildman–Crippen MR) is 57.6 cm³/mol. The van der Waals surface area contributed by atoms with Crippen molar-refractivity contribution < 1.29 is 9.13 Å². The molecule has 0 unspecified atom stereocenters. The second-order valence-corrected chi connectivity index (χ2v) is 3.90. The van der Waals surface area contributed by atoms with Crippen LogP contribution < -0.4 is 4.74 Å². The van der Waals surface area contributed by atoms with E-state index >= 15 is 0 Å². The van der Waals surface area contributed by atoms with Gasteiger partial charge in [-0.25, -0.2) is 9.37 Å². The number of benzene rings is 1. The summed E-state index contributed by atoms with van der Waals surface area (Å²) in [6, 6.07) is 4.85. The Morgan fingerprint density at radius 2 is 2.33 bits per heavy atom. The molecule has 0 amide bonds. The fourth-order valence-electron chi connectivity index (χ4n) is 1.13. The van der Waals surface area contributed by atoms with Gasteiger partial charge < -0.3 is 4.74 Å². The Kier molecular flexibility index (Phi) is 2.97. The molecule has 2 nitrogen and oxygen atoms in total. The van der Waals surface area contributed by atoms with Crippen molar-refractivity contribution in [2.75, 3.05) is 0 Å². The lowest BCUT2D eigenvalue weighted by molar-refractivity contribution is 0.300. The maximum atomic E-state index is 13.2. The van der Waals surface area contributed by atoms with Gasteiger partial charge in [0.1, 0.15) is 18.2 Å². The fraction of sp³-hybridized carbons (Fsp3) is 0.182. The van der Waals surface area contributed by atoms with Crippen molar-refractivity contribution in [3.8, 4) is 5.75 Å². The van der Waals surface area contributed by atoms with E-state index in [0.717, 1.165) is 5.69 Å². The first-order valence-electron chi connectivity index (χ1n) is 4.52. The van der Waals surface area contributed by atoms with Crippen LogP contribution in [0.5, 0.6) is 5.75 Å². The summed E-state index contributed by atoms with van der Waals surface area (Å²) in [5.74, 6) is 0.289. The highest BCUT2D eigenvalue weighted by molar-refractivity contribution is 7.07. The number of halogens is 1. The van der Waals surface area contributed by atoms with Gasteiger partial charge in [-0.2, -0.15) is 0 Å². The number of aromatic nitrogens is 1. The minimum atomic E-state index is -0.245. The van der Waals surface area contributed by atoms with Crippen LogP contribution in [-0.4, -0.2) is 4.98 Å². The zero-order valence-electron chi connectivity index (χ0n) is 8.24. The SMILES string of the molecule is Cc1ccc(OCc2cscn2)cc1F. The second kappa shape index (κ2) is 4.40. The van der Waals surface area contributed by atoms with Gasteiger partial charge in [-0.15, -0.1) is 11.3 Å². The molecule has 2 aromatic rings. The molecule has 1 heterocycles. The molecule has 0 spiro atoms. The van der Waals surface area contributed by atoms with Crippen molar-refractivity contribution >= 4 is 11.3 Å². The molecule has 0 aliphatic carbocycles. The van der Waals surface area contributed by atoms with Gasteiger partial charge >= 0.3 is 0 Å². The monoisotopic (exact) mass is 223 g/mol. The molecule has 1 aromatic heterocycles. The number of nitrogens with zero attached hydrogens (tertiary/aromatic N) is 1. The van der Waals surface area contributed by atoms with Gasteiger partial charge in [0.05, 0.1) is 11.2 Å². The van der Waals surface area contributed by atoms with E-state index in [9.17, 15) is 4.39 Å². The molecule has 0 bridgehead atoms. The van der Waals surface area contributed by atoms with Crippen LogP contribution in [0.1, 0.15) is 11.3 Å². The lowest BCUT2D eigenvalue weighted by atomic mass is 10.2. The zero-order chi connectivity index (χ0) is 10.7.